The molecule has 0 aliphatic carbocycles. The van der Waals surface area contributed by atoms with Crippen LogP contribution in [0, 0.1) is 0 Å². The van der Waals surface area contributed by atoms with Gasteiger partial charge in [0, 0.05) is 18.8 Å². The number of nitrogens with two attached hydrogens (primary N) is 1. The summed E-state index contributed by atoms with van der Waals surface area (Å²) in [6.07, 6.45) is 2.34. The number of hydrogen-bond acceptors (Lipinski definition) is 5. The number of hydrogen-bond donors (Lipinski definition) is 1. The van der Waals surface area contributed by atoms with Crippen LogP contribution in [0.3, 0.4) is 0 Å². The van der Waals surface area contributed by atoms with Gasteiger partial charge in [-0.1, -0.05) is 0 Å². The summed E-state index contributed by atoms with van der Waals surface area (Å²) in [5, 5.41) is 0. The van der Waals surface area contributed by atoms with Crippen molar-refractivity contribution in [2.45, 2.75) is 0 Å². The molecule has 110 valence electrons. The van der Waals surface area contributed by atoms with Gasteiger partial charge in [-0.2, -0.15) is 0 Å². The van der Waals surface area contributed by atoms with E-state index in [0.29, 0.717) is 23.3 Å². The second-order valence-electron chi connectivity index (χ2n) is 4.51. The third-order valence-electron chi connectivity index (χ3n) is 3.21. The molecular formula is C15H16N2O4. The quantitative estimate of drug-likeness (QED) is 0.861. The van der Waals surface area contributed by atoms with E-state index in [1.165, 1.54) is 18.8 Å². The van der Waals surface area contributed by atoms with Crippen LogP contribution >= 0.6 is 0 Å². The zero-order valence-corrected chi connectivity index (χ0v) is 12.0. The van der Waals surface area contributed by atoms with Gasteiger partial charge in [-0.15, -0.1) is 0 Å². The predicted molar refractivity (Wildman–Crippen MR) is 80.0 cm³/mol. The summed E-state index contributed by atoms with van der Waals surface area (Å²) in [6.45, 7) is 0. The van der Waals surface area contributed by atoms with E-state index in [9.17, 15) is 9.59 Å². The van der Waals surface area contributed by atoms with Crippen molar-refractivity contribution in [2.24, 2.45) is 7.05 Å². The highest BCUT2D eigenvalue weighted by atomic mass is 16.5. The molecule has 1 aromatic heterocycles. The molecule has 0 amide bonds. The third kappa shape index (κ3) is 2.60. The van der Waals surface area contributed by atoms with Crippen LogP contribution in [0.1, 0.15) is 10.4 Å². The summed E-state index contributed by atoms with van der Waals surface area (Å²) in [6, 6.07) is 4.98. The van der Waals surface area contributed by atoms with Crippen molar-refractivity contribution in [2.75, 3.05) is 20.0 Å². The Kier molecular flexibility index (Phi) is 3.98. The van der Waals surface area contributed by atoms with Gasteiger partial charge in [0.15, 0.2) is 6.29 Å². The Labute approximate surface area is 121 Å². The van der Waals surface area contributed by atoms with Gasteiger partial charge in [0.25, 0.3) is 5.56 Å². The van der Waals surface area contributed by atoms with E-state index in [-0.39, 0.29) is 11.2 Å². The molecule has 0 bridgehead atoms. The molecular weight excluding hydrogens is 272 g/mol. The highest BCUT2D eigenvalue weighted by Crippen LogP contribution is 2.34. The van der Waals surface area contributed by atoms with Gasteiger partial charge in [-0.25, -0.2) is 0 Å². The summed E-state index contributed by atoms with van der Waals surface area (Å²) < 4.78 is 11.8. The molecule has 0 spiro atoms. The highest BCUT2D eigenvalue weighted by molar-refractivity contribution is 5.86. The Hall–Kier alpha value is -2.76. The van der Waals surface area contributed by atoms with Crippen molar-refractivity contribution >= 4 is 12.0 Å². The number of pyridine rings is 1. The zero-order valence-electron chi connectivity index (χ0n) is 12.0. The number of ether oxygens (including phenoxy) is 2. The number of anilines is 1. The first-order chi connectivity index (χ1) is 10.0. The van der Waals surface area contributed by atoms with Crippen molar-refractivity contribution in [1.82, 2.24) is 4.57 Å². The Bertz CT molecular complexity index is 699. The van der Waals surface area contributed by atoms with Crippen LogP contribution < -0.4 is 20.8 Å². The molecule has 0 saturated heterocycles. The molecule has 2 N–H and O–H groups in total. The van der Waals surface area contributed by atoms with Crippen molar-refractivity contribution in [3.05, 3.63) is 40.3 Å². The monoisotopic (exact) mass is 288 g/mol. The summed E-state index contributed by atoms with van der Waals surface area (Å²) in [4.78, 5) is 22.8. The van der Waals surface area contributed by atoms with E-state index < -0.39 is 0 Å². The number of nitrogen functional groups attached to an aromatic ring is 1. The minimum absolute atomic E-state index is 0.146. The molecule has 0 fully saturated rings. The normalized spacial score (nSPS) is 10.2. The van der Waals surface area contributed by atoms with Crippen molar-refractivity contribution in [1.29, 1.82) is 0 Å². The number of aldehydes is 1. The Morgan fingerprint density at radius 2 is 1.67 bits per heavy atom. The van der Waals surface area contributed by atoms with Crippen molar-refractivity contribution in [3.8, 4) is 22.6 Å². The van der Waals surface area contributed by atoms with E-state index in [1.807, 2.05) is 0 Å². The molecule has 0 saturated carbocycles. The maximum Gasteiger partial charge on any atom is 0.273 e. The minimum Gasteiger partial charge on any atom is -0.496 e. The van der Waals surface area contributed by atoms with Gasteiger partial charge in [-0.3, -0.25) is 9.59 Å². The number of rotatable bonds is 4. The third-order valence-corrected chi connectivity index (χ3v) is 3.21. The lowest BCUT2D eigenvalue weighted by molar-refractivity contribution is 0.111. The molecule has 1 heterocycles. The van der Waals surface area contributed by atoms with Gasteiger partial charge in [0.2, 0.25) is 0 Å². The van der Waals surface area contributed by atoms with Crippen molar-refractivity contribution < 1.29 is 14.3 Å². The lowest BCUT2D eigenvalue weighted by atomic mass is 10.0. The van der Waals surface area contributed by atoms with Crippen LogP contribution in [0.5, 0.6) is 11.5 Å². The van der Waals surface area contributed by atoms with E-state index in [2.05, 4.69) is 0 Å². The average Bonchev–Trinajstić information content (AvgIpc) is 2.50. The Balaban J connectivity index is 2.70. The van der Waals surface area contributed by atoms with E-state index in [4.69, 9.17) is 15.2 Å². The first kappa shape index (κ1) is 14.6. The summed E-state index contributed by atoms with van der Waals surface area (Å²) in [7, 11) is 4.57. The molecule has 0 unspecified atom stereocenters. The second-order valence-corrected chi connectivity index (χ2v) is 4.51. The van der Waals surface area contributed by atoms with E-state index in [0.717, 1.165) is 11.1 Å². The minimum atomic E-state index is -0.262. The standard InChI is InChI=1S/C15H16N2O4/c1-17-7-10(4-12(16)15(17)19)9-5-13(20-2)11(8-18)14(6-9)21-3/h4-8H,16H2,1-3H3. The SMILES string of the molecule is COc1cc(-c2cc(N)c(=O)n(C)c2)cc(OC)c1C=O. The fourth-order valence-corrected chi connectivity index (χ4v) is 2.12. The van der Waals surface area contributed by atoms with Gasteiger partial charge >= 0.3 is 0 Å². The Morgan fingerprint density at radius 1 is 1.10 bits per heavy atom. The summed E-state index contributed by atoms with van der Waals surface area (Å²) >= 11 is 0. The molecule has 0 atom stereocenters. The largest absolute Gasteiger partial charge is 0.496 e. The smallest absolute Gasteiger partial charge is 0.273 e. The molecule has 1 aromatic carbocycles. The van der Waals surface area contributed by atoms with Crippen LogP contribution in [0.2, 0.25) is 0 Å². The van der Waals surface area contributed by atoms with Crippen LogP contribution in [-0.4, -0.2) is 25.1 Å². The average molecular weight is 288 g/mol. The van der Waals surface area contributed by atoms with Crippen LogP contribution in [0.15, 0.2) is 29.2 Å². The number of nitrogens with zero attached hydrogens (tertiary/aromatic N) is 1. The number of benzene rings is 1. The van der Waals surface area contributed by atoms with E-state index in [1.54, 1.807) is 31.4 Å². The summed E-state index contributed by atoms with van der Waals surface area (Å²) in [5.41, 5.74) is 7.38. The van der Waals surface area contributed by atoms with Crippen LogP contribution in [0.25, 0.3) is 11.1 Å². The molecule has 21 heavy (non-hydrogen) atoms. The molecule has 2 rings (SSSR count). The van der Waals surface area contributed by atoms with Crippen molar-refractivity contribution in [3.63, 3.8) is 0 Å². The zero-order chi connectivity index (χ0) is 15.6. The molecule has 0 aliphatic rings. The van der Waals surface area contributed by atoms with Gasteiger partial charge in [0.1, 0.15) is 11.5 Å². The maximum absolute atomic E-state index is 11.6. The first-order valence-corrected chi connectivity index (χ1v) is 6.19. The topological polar surface area (TPSA) is 83.6 Å². The lowest BCUT2D eigenvalue weighted by Gasteiger charge is -2.13. The van der Waals surface area contributed by atoms with Gasteiger partial charge in [-0.05, 0) is 23.8 Å². The molecule has 6 nitrogen and oxygen atoms in total. The molecule has 6 heteroatoms. The first-order valence-electron chi connectivity index (χ1n) is 6.19. The second kappa shape index (κ2) is 5.70. The molecule has 0 radical (unpaired) electrons. The number of methoxy groups -OCH3 is 2. The fraction of sp³-hybridized carbons (Fsp3) is 0.200. The number of aryl methyl sites for hydroxylation is 1. The maximum atomic E-state index is 11.6. The predicted octanol–water partition coefficient (Wildman–Crippen LogP) is 1.46. The number of aromatic nitrogens is 1. The number of carbonyl (C=O) groups is 1. The fourth-order valence-electron chi connectivity index (χ4n) is 2.12. The summed E-state index contributed by atoms with van der Waals surface area (Å²) in [5.74, 6) is 0.790. The molecule has 0 aliphatic heterocycles. The Morgan fingerprint density at radius 3 is 2.10 bits per heavy atom. The van der Waals surface area contributed by atoms with E-state index >= 15 is 0 Å². The lowest BCUT2D eigenvalue weighted by Crippen LogP contribution is -2.19. The molecule has 2 aromatic rings. The van der Waals surface area contributed by atoms with Gasteiger partial charge in [0.05, 0.1) is 25.5 Å². The highest BCUT2D eigenvalue weighted by Gasteiger charge is 2.14. The van der Waals surface area contributed by atoms with Crippen LogP contribution in [0.4, 0.5) is 5.69 Å². The number of carbonyl (C=O) groups excluding carboxylic acids is 1. The van der Waals surface area contributed by atoms with Gasteiger partial charge < -0.3 is 19.8 Å². The van der Waals surface area contributed by atoms with Crippen LogP contribution in [-0.2, 0) is 7.05 Å².